The van der Waals surface area contributed by atoms with E-state index in [1.807, 2.05) is 42.5 Å². The number of thioether (sulfide) groups is 1. The maximum absolute atomic E-state index is 12.3. The van der Waals surface area contributed by atoms with Gasteiger partial charge in [-0.25, -0.2) is 0 Å². The highest BCUT2D eigenvalue weighted by Gasteiger charge is 2.21. The van der Waals surface area contributed by atoms with Gasteiger partial charge in [0.25, 0.3) is 0 Å². The van der Waals surface area contributed by atoms with Crippen molar-refractivity contribution < 1.29 is 19.1 Å². The van der Waals surface area contributed by atoms with Crippen molar-refractivity contribution in [2.75, 3.05) is 38.6 Å². The van der Waals surface area contributed by atoms with E-state index >= 15 is 0 Å². The van der Waals surface area contributed by atoms with E-state index in [0.717, 1.165) is 35.7 Å². The fourth-order valence-corrected chi connectivity index (χ4v) is 4.50. The van der Waals surface area contributed by atoms with Crippen LogP contribution in [0.15, 0.2) is 47.4 Å². The third-order valence-corrected chi connectivity index (χ3v) is 6.84. The summed E-state index contributed by atoms with van der Waals surface area (Å²) in [4.78, 5) is 27.1. The van der Waals surface area contributed by atoms with Crippen LogP contribution in [-0.2, 0) is 32.0 Å². The summed E-state index contributed by atoms with van der Waals surface area (Å²) in [6.45, 7) is 5.57. The Morgan fingerprint density at radius 3 is 2.64 bits per heavy atom. The fourth-order valence-electron chi connectivity index (χ4n) is 3.45. The van der Waals surface area contributed by atoms with Crippen molar-refractivity contribution >= 4 is 46.8 Å². The predicted molar refractivity (Wildman–Crippen MR) is 132 cm³/mol. The molecule has 0 aliphatic carbocycles. The van der Waals surface area contributed by atoms with E-state index in [1.54, 1.807) is 6.92 Å². The molecule has 1 saturated heterocycles. The Balaban J connectivity index is 1.37. The molecule has 0 bridgehead atoms. The van der Waals surface area contributed by atoms with Gasteiger partial charge in [-0.1, -0.05) is 41.4 Å². The van der Waals surface area contributed by atoms with Crippen LogP contribution >= 0.6 is 35.0 Å². The Bertz CT molecular complexity index is 943. The summed E-state index contributed by atoms with van der Waals surface area (Å²) < 4.78 is 10.8. The van der Waals surface area contributed by atoms with Gasteiger partial charge in [0.15, 0.2) is 0 Å². The summed E-state index contributed by atoms with van der Waals surface area (Å²) in [5, 5.41) is 4.07. The highest BCUT2D eigenvalue weighted by atomic mass is 35.5. The monoisotopic (exact) mass is 510 g/mol. The van der Waals surface area contributed by atoms with Crippen LogP contribution < -0.4 is 5.32 Å². The van der Waals surface area contributed by atoms with Gasteiger partial charge in [-0.15, -0.1) is 11.8 Å². The van der Waals surface area contributed by atoms with Crippen LogP contribution in [0.25, 0.3) is 0 Å². The van der Waals surface area contributed by atoms with E-state index in [2.05, 4.69) is 10.2 Å². The Morgan fingerprint density at radius 1 is 1.15 bits per heavy atom. The van der Waals surface area contributed by atoms with Crippen molar-refractivity contribution in [1.82, 2.24) is 10.2 Å². The lowest BCUT2D eigenvalue weighted by atomic mass is 10.1. The van der Waals surface area contributed by atoms with Crippen LogP contribution in [0, 0.1) is 0 Å². The van der Waals surface area contributed by atoms with Crippen LogP contribution in [0.5, 0.6) is 0 Å². The SMILES string of the molecule is CCOC(=O)Cc1ccc(SCC(=O)NC[C@H]2CN(Cc3ccc(Cl)c(Cl)c3)CCO2)cc1. The molecule has 1 N–H and O–H groups in total. The summed E-state index contributed by atoms with van der Waals surface area (Å²) in [6.07, 6.45) is 0.195. The zero-order chi connectivity index (χ0) is 23.6. The van der Waals surface area contributed by atoms with E-state index in [1.165, 1.54) is 11.8 Å². The third kappa shape index (κ3) is 8.83. The third-order valence-electron chi connectivity index (χ3n) is 5.09. The number of nitrogens with zero attached hydrogens (tertiary/aromatic N) is 1. The summed E-state index contributed by atoms with van der Waals surface area (Å²) >= 11 is 13.6. The molecule has 6 nitrogen and oxygen atoms in total. The maximum atomic E-state index is 12.3. The lowest BCUT2D eigenvalue weighted by molar-refractivity contribution is -0.142. The molecule has 0 spiro atoms. The second kappa shape index (κ2) is 13.2. The molecule has 178 valence electrons. The first-order chi connectivity index (χ1) is 15.9. The quantitative estimate of drug-likeness (QED) is 0.381. The zero-order valence-electron chi connectivity index (χ0n) is 18.5. The molecular formula is C24H28Cl2N2O4S. The number of hydrogen-bond acceptors (Lipinski definition) is 6. The molecule has 9 heteroatoms. The first kappa shape index (κ1) is 25.8. The summed E-state index contributed by atoms with van der Waals surface area (Å²) in [5.74, 6) is 0.0373. The van der Waals surface area contributed by atoms with Gasteiger partial charge in [-0.05, 0) is 42.3 Å². The maximum Gasteiger partial charge on any atom is 0.310 e. The largest absolute Gasteiger partial charge is 0.466 e. The van der Waals surface area contributed by atoms with Crippen molar-refractivity contribution in [3.05, 3.63) is 63.6 Å². The van der Waals surface area contributed by atoms with E-state index in [-0.39, 0.29) is 24.4 Å². The molecule has 1 atom stereocenters. The van der Waals surface area contributed by atoms with Crippen LogP contribution in [0.1, 0.15) is 18.1 Å². The Kier molecular flexibility index (Phi) is 10.3. The summed E-state index contributed by atoms with van der Waals surface area (Å²) in [6, 6.07) is 13.3. The molecule has 0 unspecified atom stereocenters. The molecule has 1 aliphatic rings. The van der Waals surface area contributed by atoms with Crippen LogP contribution in [-0.4, -0.2) is 61.5 Å². The van der Waals surface area contributed by atoms with Crippen LogP contribution in [0.2, 0.25) is 10.0 Å². The molecular weight excluding hydrogens is 483 g/mol. The minimum absolute atomic E-state index is 0.0409. The molecule has 3 rings (SSSR count). The Hall–Kier alpha value is -1.77. The molecule has 33 heavy (non-hydrogen) atoms. The highest BCUT2D eigenvalue weighted by molar-refractivity contribution is 8.00. The van der Waals surface area contributed by atoms with E-state index < -0.39 is 0 Å². The number of morpholine rings is 1. The molecule has 2 aromatic carbocycles. The number of esters is 1. The molecule has 0 radical (unpaired) electrons. The number of amides is 1. The second-order valence-corrected chi connectivity index (χ2v) is 9.56. The number of carbonyl (C=O) groups is 2. The summed E-state index contributed by atoms with van der Waals surface area (Å²) in [5.41, 5.74) is 1.99. The minimum atomic E-state index is -0.238. The van der Waals surface area contributed by atoms with Gasteiger partial charge in [0.2, 0.25) is 5.91 Å². The molecule has 0 aromatic heterocycles. The van der Waals surface area contributed by atoms with Crippen molar-refractivity contribution in [2.45, 2.75) is 30.9 Å². The molecule has 1 heterocycles. The van der Waals surface area contributed by atoms with Crippen molar-refractivity contribution in [3.8, 4) is 0 Å². The Labute approximate surface area is 208 Å². The van der Waals surface area contributed by atoms with E-state index in [4.69, 9.17) is 32.7 Å². The van der Waals surface area contributed by atoms with Gasteiger partial charge in [0, 0.05) is 31.1 Å². The average Bonchev–Trinajstić information content (AvgIpc) is 2.80. The fraction of sp³-hybridized carbons (Fsp3) is 0.417. The van der Waals surface area contributed by atoms with Crippen molar-refractivity contribution in [1.29, 1.82) is 0 Å². The Morgan fingerprint density at radius 2 is 1.91 bits per heavy atom. The number of ether oxygens (including phenoxy) is 2. The molecule has 1 aliphatic heterocycles. The molecule has 0 saturated carbocycles. The minimum Gasteiger partial charge on any atom is -0.466 e. The zero-order valence-corrected chi connectivity index (χ0v) is 20.8. The average molecular weight is 511 g/mol. The molecule has 1 amide bonds. The highest BCUT2D eigenvalue weighted by Crippen LogP contribution is 2.24. The van der Waals surface area contributed by atoms with Crippen LogP contribution in [0.3, 0.4) is 0 Å². The number of rotatable bonds is 10. The lowest BCUT2D eigenvalue weighted by Gasteiger charge is -2.33. The summed E-state index contributed by atoms with van der Waals surface area (Å²) in [7, 11) is 0. The first-order valence-corrected chi connectivity index (χ1v) is 12.6. The van der Waals surface area contributed by atoms with Gasteiger partial charge in [-0.2, -0.15) is 0 Å². The van der Waals surface area contributed by atoms with Crippen molar-refractivity contribution in [2.24, 2.45) is 0 Å². The number of hydrogen-bond donors (Lipinski definition) is 1. The predicted octanol–water partition coefficient (Wildman–Crippen LogP) is 4.21. The molecule has 2 aromatic rings. The second-order valence-electron chi connectivity index (χ2n) is 7.69. The number of halogens is 2. The number of benzene rings is 2. The normalized spacial score (nSPS) is 16.4. The van der Waals surface area contributed by atoms with Crippen molar-refractivity contribution in [3.63, 3.8) is 0 Å². The van der Waals surface area contributed by atoms with Crippen LogP contribution in [0.4, 0.5) is 0 Å². The smallest absolute Gasteiger partial charge is 0.310 e. The topological polar surface area (TPSA) is 67.9 Å². The van der Waals surface area contributed by atoms with Gasteiger partial charge < -0.3 is 14.8 Å². The number of carbonyl (C=O) groups excluding carboxylic acids is 2. The van der Waals surface area contributed by atoms with Gasteiger partial charge in [0.05, 0.1) is 41.5 Å². The van der Waals surface area contributed by atoms with E-state index in [9.17, 15) is 9.59 Å². The van der Waals surface area contributed by atoms with Gasteiger partial charge in [0.1, 0.15) is 0 Å². The van der Waals surface area contributed by atoms with Gasteiger partial charge >= 0.3 is 5.97 Å². The van der Waals surface area contributed by atoms with E-state index in [0.29, 0.717) is 35.6 Å². The molecule has 1 fully saturated rings. The first-order valence-electron chi connectivity index (χ1n) is 10.8. The standard InChI is InChI=1S/C24H28Cl2N2O4S/c1-2-31-24(30)12-17-3-6-20(7-4-17)33-16-23(29)27-13-19-15-28(9-10-32-19)14-18-5-8-21(25)22(26)11-18/h3-8,11,19H,2,9-10,12-16H2,1H3,(H,27,29)/t19-/m0/s1. The lowest BCUT2D eigenvalue weighted by Crippen LogP contribution is -2.47. The van der Waals surface area contributed by atoms with Gasteiger partial charge in [-0.3, -0.25) is 14.5 Å². The number of nitrogens with one attached hydrogen (secondary N) is 1.